The van der Waals surface area contributed by atoms with Crippen molar-refractivity contribution in [2.45, 2.75) is 12.8 Å². The Balaban J connectivity index is 1.17. The molecule has 1 aliphatic rings. The number of hydrogen-bond donors (Lipinski definition) is 0. The summed E-state index contributed by atoms with van der Waals surface area (Å²) >= 11 is 0. The molecule has 2 nitrogen and oxygen atoms in total. The fraction of sp³-hybridized carbons (Fsp3) is 0.0588. The van der Waals surface area contributed by atoms with Crippen molar-refractivity contribution in [3.8, 4) is 16.8 Å². The molecule has 1 heterocycles. The first kappa shape index (κ1) is 31.1. The number of benzene rings is 8. The average molecular weight is 679 g/mol. The van der Waals surface area contributed by atoms with Crippen LogP contribution in [0, 0.1) is 5.92 Å². The molecule has 10 rings (SSSR count). The number of anilines is 2. The van der Waals surface area contributed by atoms with Crippen LogP contribution in [0.15, 0.2) is 206 Å². The molecule has 0 saturated heterocycles. The summed E-state index contributed by atoms with van der Waals surface area (Å²) in [6, 6.07) is 66.3. The van der Waals surface area contributed by atoms with Crippen LogP contribution in [-0.4, -0.2) is 4.57 Å². The van der Waals surface area contributed by atoms with Crippen LogP contribution in [-0.2, 0) is 0 Å². The number of fused-ring (bicyclic) bond motifs is 5. The monoisotopic (exact) mass is 678 g/mol. The molecule has 2 heteroatoms. The quantitative estimate of drug-likeness (QED) is 0.170. The first-order valence-corrected chi connectivity index (χ1v) is 18.6. The maximum Gasteiger partial charge on any atom is 0.0544 e. The fourth-order valence-corrected chi connectivity index (χ4v) is 8.52. The lowest BCUT2D eigenvalue weighted by atomic mass is 9.81. The third-order valence-corrected chi connectivity index (χ3v) is 11.0. The van der Waals surface area contributed by atoms with Gasteiger partial charge in [-0.15, -0.1) is 0 Å². The van der Waals surface area contributed by atoms with Crippen molar-refractivity contribution in [1.82, 2.24) is 4.57 Å². The molecule has 0 saturated carbocycles. The Morgan fingerprint density at radius 2 is 1.19 bits per heavy atom. The van der Waals surface area contributed by atoms with Crippen molar-refractivity contribution >= 4 is 54.7 Å². The Bertz CT molecular complexity index is 2870. The van der Waals surface area contributed by atoms with Gasteiger partial charge in [-0.05, 0) is 98.8 Å². The van der Waals surface area contributed by atoms with Crippen LogP contribution in [0.2, 0.25) is 0 Å². The van der Waals surface area contributed by atoms with Crippen LogP contribution in [0.1, 0.15) is 18.4 Å². The first-order chi connectivity index (χ1) is 26.2. The van der Waals surface area contributed by atoms with E-state index in [1.165, 1.54) is 71.4 Å². The lowest BCUT2D eigenvalue weighted by Gasteiger charge is -2.32. The standard InChI is InChI=1S/C51H38N2/c1-35-28-30-43(34-48(35)46-25-13-27-50-51(46)47-23-9-10-26-49(47)53(50)40-19-3-2-4-20-40)52(42-31-29-36-14-5-6-16-38(36)32-42)41-21-11-18-39(33-41)45-24-12-17-37-15-7-8-22-44(37)45/h2-35,48H,1H3. The van der Waals surface area contributed by atoms with Gasteiger partial charge >= 0.3 is 0 Å². The van der Waals surface area contributed by atoms with Crippen molar-refractivity contribution in [2.75, 3.05) is 4.90 Å². The minimum Gasteiger partial charge on any atom is -0.311 e. The van der Waals surface area contributed by atoms with Gasteiger partial charge in [0, 0.05) is 39.4 Å². The van der Waals surface area contributed by atoms with E-state index in [9.17, 15) is 0 Å². The number of aromatic nitrogens is 1. The van der Waals surface area contributed by atoms with Crippen molar-refractivity contribution in [1.29, 1.82) is 0 Å². The molecule has 0 fully saturated rings. The van der Waals surface area contributed by atoms with E-state index in [0.29, 0.717) is 5.92 Å². The van der Waals surface area contributed by atoms with Crippen LogP contribution in [0.4, 0.5) is 11.4 Å². The van der Waals surface area contributed by atoms with Crippen LogP contribution < -0.4 is 4.90 Å². The Kier molecular flexibility index (Phi) is 7.54. The second kappa shape index (κ2) is 12.8. The molecule has 9 aromatic rings. The molecular formula is C51H38N2. The van der Waals surface area contributed by atoms with E-state index in [4.69, 9.17) is 0 Å². The highest BCUT2D eigenvalue weighted by molar-refractivity contribution is 6.11. The van der Waals surface area contributed by atoms with E-state index >= 15 is 0 Å². The molecule has 0 bridgehead atoms. The predicted molar refractivity (Wildman–Crippen MR) is 225 cm³/mol. The molecular weight excluding hydrogens is 641 g/mol. The summed E-state index contributed by atoms with van der Waals surface area (Å²) < 4.78 is 2.42. The fourth-order valence-electron chi connectivity index (χ4n) is 8.52. The largest absolute Gasteiger partial charge is 0.311 e. The zero-order chi connectivity index (χ0) is 35.3. The summed E-state index contributed by atoms with van der Waals surface area (Å²) in [6.07, 6.45) is 7.24. The van der Waals surface area contributed by atoms with Crippen LogP contribution in [0.25, 0.3) is 60.2 Å². The maximum absolute atomic E-state index is 2.51. The minimum atomic E-state index is 0.165. The van der Waals surface area contributed by atoms with Gasteiger partial charge in [0.25, 0.3) is 0 Å². The highest BCUT2D eigenvalue weighted by atomic mass is 15.1. The zero-order valence-electron chi connectivity index (χ0n) is 29.6. The van der Waals surface area contributed by atoms with Gasteiger partial charge in [0.1, 0.15) is 0 Å². The highest BCUT2D eigenvalue weighted by Crippen LogP contribution is 2.44. The number of rotatable bonds is 6. The van der Waals surface area contributed by atoms with Crippen LogP contribution >= 0.6 is 0 Å². The van der Waals surface area contributed by atoms with Gasteiger partial charge in [0.15, 0.2) is 0 Å². The minimum absolute atomic E-state index is 0.165. The van der Waals surface area contributed by atoms with E-state index in [1.54, 1.807) is 0 Å². The average Bonchev–Trinajstić information content (AvgIpc) is 3.56. The van der Waals surface area contributed by atoms with Crippen LogP contribution in [0.3, 0.4) is 0 Å². The van der Waals surface area contributed by atoms with Gasteiger partial charge in [-0.2, -0.15) is 0 Å². The third-order valence-electron chi connectivity index (χ3n) is 11.0. The Labute approximate surface area is 310 Å². The van der Waals surface area contributed by atoms with Crippen LogP contribution in [0.5, 0.6) is 0 Å². The van der Waals surface area contributed by atoms with Gasteiger partial charge in [0.2, 0.25) is 0 Å². The molecule has 2 atom stereocenters. The normalized spacial score (nSPS) is 15.7. The molecule has 0 aliphatic heterocycles. The summed E-state index contributed by atoms with van der Waals surface area (Å²) in [6.45, 7) is 2.35. The van der Waals surface area contributed by atoms with E-state index in [2.05, 4.69) is 217 Å². The van der Waals surface area contributed by atoms with Crippen molar-refractivity contribution in [3.05, 3.63) is 211 Å². The second-order valence-corrected chi connectivity index (χ2v) is 14.2. The van der Waals surface area contributed by atoms with Gasteiger partial charge in [0.05, 0.1) is 11.0 Å². The topological polar surface area (TPSA) is 8.17 Å². The molecule has 0 radical (unpaired) electrons. The SMILES string of the molecule is CC1C=CC(N(c2cccc(-c3cccc4ccccc34)c2)c2ccc3ccccc3c2)=CC1c1cccc2c1c1ccccc1n2-c1ccccc1. The molecule has 8 aromatic carbocycles. The van der Waals surface area contributed by atoms with E-state index in [1.807, 2.05) is 0 Å². The molecule has 2 unspecified atom stereocenters. The molecule has 0 amide bonds. The molecule has 53 heavy (non-hydrogen) atoms. The molecule has 0 spiro atoms. The molecule has 0 N–H and O–H groups in total. The number of allylic oxidation sites excluding steroid dienone is 3. The number of nitrogens with zero attached hydrogens (tertiary/aromatic N) is 2. The van der Waals surface area contributed by atoms with Gasteiger partial charge in [-0.3, -0.25) is 0 Å². The van der Waals surface area contributed by atoms with Crippen molar-refractivity contribution in [2.24, 2.45) is 5.92 Å². The molecule has 252 valence electrons. The van der Waals surface area contributed by atoms with Gasteiger partial charge in [-0.1, -0.05) is 153 Å². The maximum atomic E-state index is 2.51. The summed E-state index contributed by atoms with van der Waals surface area (Å²) in [5, 5.41) is 7.58. The second-order valence-electron chi connectivity index (χ2n) is 14.2. The van der Waals surface area contributed by atoms with Gasteiger partial charge in [-0.25, -0.2) is 0 Å². The lowest BCUT2D eigenvalue weighted by molar-refractivity contribution is 0.633. The smallest absolute Gasteiger partial charge is 0.0544 e. The van der Waals surface area contributed by atoms with Gasteiger partial charge < -0.3 is 9.47 Å². The van der Waals surface area contributed by atoms with Crippen molar-refractivity contribution < 1.29 is 0 Å². The summed E-state index contributed by atoms with van der Waals surface area (Å²) in [5.41, 5.74) is 10.9. The number of para-hydroxylation sites is 2. The van der Waals surface area contributed by atoms with E-state index < -0.39 is 0 Å². The lowest BCUT2D eigenvalue weighted by Crippen LogP contribution is -2.20. The Morgan fingerprint density at radius 1 is 0.509 bits per heavy atom. The Hall–Kier alpha value is -6.64. The third kappa shape index (κ3) is 5.34. The van der Waals surface area contributed by atoms with E-state index in [0.717, 1.165) is 11.4 Å². The highest BCUT2D eigenvalue weighted by Gasteiger charge is 2.27. The van der Waals surface area contributed by atoms with E-state index in [-0.39, 0.29) is 5.92 Å². The summed E-state index contributed by atoms with van der Waals surface area (Å²) in [5.74, 6) is 0.474. The zero-order valence-corrected chi connectivity index (χ0v) is 29.6. The molecule has 1 aromatic heterocycles. The molecule has 1 aliphatic carbocycles. The number of hydrogen-bond acceptors (Lipinski definition) is 1. The Morgan fingerprint density at radius 3 is 2.08 bits per heavy atom. The summed E-state index contributed by atoms with van der Waals surface area (Å²) in [4.78, 5) is 2.45. The first-order valence-electron chi connectivity index (χ1n) is 18.6. The summed E-state index contributed by atoms with van der Waals surface area (Å²) in [7, 11) is 0. The predicted octanol–water partition coefficient (Wildman–Crippen LogP) is 13.8. The van der Waals surface area contributed by atoms with Crippen molar-refractivity contribution in [3.63, 3.8) is 0 Å².